The van der Waals surface area contributed by atoms with Gasteiger partial charge in [-0.25, -0.2) is 25.8 Å². The van der Waals surface area contributed by atoms with Crippen molar-refractivity contribution in [3.63, 3.8) is 0 Å². The summed E-state index contributed by atoms with van der Waals surface area (Å²) in [6, 6.07) is 16.5. The predicted octanol–water partition coefficient (Wildman–Crippen LogP) is 4.89. The van der Waals surface area contributed by atoms with Crippen LogP contribution in [0.1, 0.15) is 11.1 Å². The van der Waals surface area contributed by atoms with E-state index in [0.29, 0.717) is 38.6 Å². The smallest absolute Gasteiger partial charge is 0.275 e. The number of aromatic nitrogens is 3. The van der Waals surface area contributed by atoms with Gasteiger partial charge in [-0.2, -0.15) is 0 Å². The molecule has 1 N–H and O–H groups in total. The topological polar surface area (TPSA) is 120 Å². The number of pyridine rings is 2. The summed E-state index contributed by atoms with van der Waals surface area (Å²) in [6.45, 7) is 1.85. The highest BCUT2D eigenvalue weighted by Crippen LogP contribution is 2.36. The lowest BCUT2D eigenvalue weighted by molar-refractivity contribution is 0.588. The molecule has 12 heteroatoms. The lowest BCUT2D eigenvalue weighted by Crippen LogP contribution is -2.22. The highest BCUT2D eigenvalue weighted by molar-refractivity contribution is 7.90. The molecule has 0 saturated heterocycles. The molecule has 0 unspecified atom stereocenters. The standard InChI is InChI=1S/C28H25ClN4O5S2/c1-18-4-8-21(9-5-18)40(37,38)33-13-12-22-24(16-32(2)28(34)27(22)33)23-14-19(17-39(3,35)36)6-10-25(23)31-26-11-7-20(29)15-30-26/h4-16H,17H2,1-3H3,(H,30,31). The van der Waals surface area contributed by atoms with E-state index < -0.39 is 25.4 Å². The molecule has 0 fully saturated rings. The molecular formula is C28H25ClN4O5S2. The van der Waals surface area contributed by atoms with Gasteiger partial charge in [0.15, 0.2) is 9.84 Å². The molecular weight excluding hydrogens is 572 g/mol. The summed E-state index contributed by atoms with van der Waals surface area (Å²) in [6.07, 6.45) is 5.60. The Balaban J connectivity index is 1.75. The average molecular weight is 597 g/mol. The van der Waals surface area contributed by atoms with Crippen LogP contribution in [0.3, 0.4) is 0 Å². The van der Waals surface area contributed by atoms with E-state index in [1.54, 1.807) is 54.7 Å². The Morgan fingerprint density at radius 2 is 1.68 bits per heavy atom. The van der Waals surface area contributed by atoms with E-state index >= 15 is 0 Å². The van der Waals surface area contributed by atoms with Crippen LogP contribution < -0.4 is 10.9 Å². The first-order valence-corrected chi connectivity index (χ1v) is 15.9. The van der Waals surface area contributed by atoms with Crippen molar-refractivity contribution >= 4 is 53.9 Å². The van der Waals surface area contributed by atoms with Gasteiger partial charge in [-0.15, -0.1) is 0 Å². The van der Waals surface area contributed by atoms with Crippen LogP contribution in [0.2, 0.25) is 5.02 Å². The zero-order valence-corrected chi connectivity index (χ0v) is 24.2. The molecule has 2 aromatic carbocycles. The van der Waals surface area contributed by atoms with Crippen molar-refractivity contribution in [2.24, 2.45) is 7.05 Å². The van der Waals surface area contributed by atoms with Gasteiger partial charge in [-0.1, -0.05) is 35.4 Å². The molecule has 0 atom stereocenters. The third-order valence-corrected chi connectivity index (χ3v) is 9.13. The Morgan fingerprint density at radius 3 is 2.33 bits per heavy atom. The molecule has 9 nitrogen and oxygen atoms in total. The molecule has 0 amide bonds. The summed E-state index contributed by atoms with van der Waals surface area (Å²) in [5, 5.41) is 4.08. The minimum absolute atomic E-state index is 0.0235. The molecule has 5 aromatic rings. The molecule has 0 saturated carbocycles. The number of aryl methyl sites for hydroxylation is 2. The van der Waals surface area contributed by atoms with E-state index in [1.165, 1.54) is 36.1 Å². The molecule has 0 bridgehead atoms. The second-order valence-electron chi connectivity index (χ2n) is 9.59. The Bertz CT molecular complexity index is 2030. The van der Waals surface area contributed by atoms with Gasteiger partial charge in [0, 0.05) is 54.1 Å². The Hall–Kier alpha value is -3.93. The molecule has 0 aliphatic rings. The van der Waals surface area contributed by atoms with Gasteiger partial charge >= 0.3 is 0 Å². The second kappa shape index (κ2) is 10.2. The van der Waals surface area contributed by atoms with E-state index in [0.717, 1.165) is 15.8 Å². The monoisotopic (exact) mass is 596 g/mol. The first-order chi connectivity index (χ1) is 18.8. The number of anilines is 2. The number of fused-ring (bicyclic) bond motifs is 1. The van der Waals surface area contributed by atoms with Crippen LogP contribution in [0.5, 0.6) is 0 Å². The molecule has 0 radical (unpaired) electrons. The van der Waals surface area contributed by atoms with Crippen LogP contribution in [0, 0.1) is 6.92 Å². The van der Waals surface area contributed by atoms with Crippen LogP contribution in [0.25, 0.3) is 22.0 Å². The Kier molecular flexibility index (Phi) is 7.07. The zero-order chi connectivity index (χ0) is 28.8. The summed E-state index contributed by atoms with van der Waals surface area (Å²) in [7, 11) is -5.89. The normalized spacial score (nSPS) is 12.1. The Morgan fingerprint density at radius 1 is 0.950 bits per heavy atom. The van der Waals surface area contributed by atoms with Crippen LogP contribution in [0.15, 0.2) is 88.9 Å². The Labute approximate surface area is 236 Å². The lowest BCUT2D eigenvalue weighted by Gasteiger charge is -2.16. The van der Waals surface area contributed by atoms with Gasteiger partial charge in [-0.05, 0) is 55.0 Å². The number of hydrogen-bond acceptors (Lipinski definition) is 7. The summed E-state index contributed by atoms with van der Waals surface area (Å²) in [4.78, 5) is 17.7. The van der Waals surface area contributed by atoms with E-state index in [1.807, 2.05) is 6.92 Å². The number of nitrogens with zero attached hydrogens (tertiary/aromatic N) is 3. The quantitative estimate of drug-likeness (QED) is 0.284. The first kappa shape index (κ1) is 27.6. The van der Waals surface area contributed by atoms with Crippen LogP contribution in [0.4, 0.5) is 11.5 Å². The minimum atomic E-state index is -4.09. The number of nitrogens with one attached hydrogen (secondary N) is 1. The van der Waals surface area contributed by atoms with E-state index in [-0.39, 0.29) is 16.2 Å². The molecule has 0 aliphatic heterocycles. The maximum Gasteiger partial charge on any atom is 0.275 e. The van der Waals surface area contributed by atoms with Crippen LogP contribution >= 0.6 is 11.6 Å². The first-order valence-electron chi connectivity index (χ1n) is 12.1. The molecule has 40 heavy (non-hydrogen) atoms. The maximum atomic E-state index is 13.6. The number of sulfone groups is 1. The van der Waals surface area contributed by atoms with Crippen molar-refractivity contribution in [3.8, 4) is 11.1 Å². The number of rotatable bonds is 7. The average Bonchev–Trinajstić information content (AvgIpc) is 3.34. The fourth-order valence-corrected chi connectivity index (χ4v) is 6.71. The van der Waals surface area contributed by atoms with E-state index in [4.69, 9.17) is 11.6 Å². The molecule has 5 rings (SSSR count). The van der Waals surface area contributed by atoms with Gasteiger partial charge in [0.05, 0.1) is 15.7 Å². The second-order valence-corrected chi connectivity index (χ2v) is 14.0. The third-order valence-electron chi connectivity index (χ3n) is 6.36. The highest BCUT2D eigenvalue weighted by atomic mass is 35.5. The van der Waals surface area contributed by atoms with E-state index in [2.05, 4.69) is 10.3 Å². The summed E-state index contributed by atoms with van der Waals surface area (Å²) >= 11 is 5.98. The lowest BCUT2D eigenvalue weighted by atomic mass is 9.99. The summed E-state index contributed by atoms with van der Waals surface area (Å²) in [5.41, 5.74) is 2.57. The fourth-order valence-electron chi connectivity index (χ4n) is 4.47. The van der Waals surface area contributed by atoms with Crippen molar-refractivity contribution in [2.75, 3.05) is 11.6 Å². The van der Waals surface area contributed by atoms with E-state index in [9.17, 15) is 21.6 Å². The van der Waals surface area contributed by atoms with Gasteiger partial charge < -0.3 is 9.88 Å². The molecule has 3 heterocycles. The zero-order valence-electron chi connectivity index (χ0n) is 21.8. The predicted molar refractivity (Wildman–Crippen MR) is 157 cm³/mol. The largest absolute Gasteiger partial charge is 0.340 e. The van der Waals surface area contributed by atoms with Crippen LogP contribution in [-0.2, 0) is 32.7 Å². The van der Waals surface area contributed by atoms with Gasteiger partial charge in [-0.3, -0.25) is 4.79 Å². The van der Waals surface area contributed by atoms with Crippen molar-refractivity contribution < 1.29 is 16.8 Å². The maximum absolute atomic E-state index is 13.6. The number of hydrogen-bond donors (Lipinski definition) is 1. The fraction of sp³-hybridized carbons (Fsp3) is 0.143. The molecule has 0 aliphatic carbocycles. The SMILES string of the molecule is Cc1ccc(S(=O)(=O)n2ccc3c(-c4cc(CS(C)(=O)=O)ccc4Nc4ccc(Cl)cn4)cn(C)c(=O)c32)cc1. The van der Waals surface area contributed by atoms with Gasteiger partial charge in [0.1, 0.15) is 11.3 Å². The summed E-state index contributed by atoms with van der Waals surface area (Å²) in [5.74, 6) is 0.291. The molecule has 3 aromatic heterocycles. The van der Waals surface area contributed by atoms with Crippen molar-refractivity contribution in [1.82, 2.24) is 13.5 Å². The number of halogens is 1. The van der Waals surface area contributed by atoms with Gasteiger partial charge in [0.25, 0.3) is 15.6 Å². The highest BCUT2D eigenvalue weighted by Gasteiger charge is 2.24. The molecule has 0 spiro atoms. The minimum Gasteiger partial charge on any atom is -0.340 e. The van der Waals surface area contributed by atoms with Crippen molar-refractivity contribution in [2.45, 2.75) is 17.6 Å². The molecule has 206 valence electrons. The summed E-state index contributed by atoms with van der Waals surface area (Å²) < 4.78 is 53.7. The third kappa shape index (κ3) is 5.40. The van der Waals surface area contributed by atoms with Gasteiger partial charge in [0.2, 0.25) is 0 Å². The van der Waals surface area contributed by atoms with Crippen molar-refractivity contribution in [3.05, 3.63) is 106 Å². The van der Waals surface area contributed by atoms with Crippen molar-refractivity contribution in [1.29, 1.82) is 0 Å². The number of benzene rings is 2. The van der Waals surface area contributed by atoms with Crippen LogP contribution in [-0.4, -0.2) is 36.6 Å².